The number of halogens is 1. The molecule has 1 atom stereocenters. The molecule has 0 heterocycles. The molecule has 30 heavy (non-hydrogen) atoms. The van der Waals surface area contributed by atoms with Crippen molar-refractivity contribution in [1.82, 2.24) is 10.6 Å². The van der Waals surface area contributed by atoms with Crippen LogP contribution in [-0.2, 0) is 17.9 Å². The number of hydrogen-bond acceptors (Lipinski definition) is 4. The van der Waals surface area contributed by atoms with Gasteiger partial charge in [0.1, 0.15) is 5.75 Å². The summed E-state index contributed by atoms with van der Waals surface area (Å²) < 4.78 is 10.8. The van der Waals surface area contributed by atoms with Crippen molar-refractivity contribution >= 4 is 29.9 Å². The zero-order valence-corrected chi connectivity index (χ0v) is 20.6. The zero-order valence-electron chi connectivity index (χ0n) is 18.2. The molecule has 3 N–H and O–H groups in total. The minimum Gasteiger partial charge on any atom is -0.491 e. The molecule has 0 amide bonds. The van der Waals surface area contributed by atoms with Crippen LogP contribution in [0.4, 0.5) is 0 Å². The number of aliphatic imine (C=N–C) groups is 1. The van der Waals surface area contributed by atoms with Crippen LogP contribution in [0.5, 0.6) is 5.75 Å². The van der Waals surface area contributed by atoms with Crippen LogP contribution in [0.15, 0.2) is 53.5 Å². The number of benzene rings is 2. The summed E-state index contributed by atoms with van der Waals surface area (Å²) in [6.45, 7) is 8.23. The van der Waals surface area contributed by atoms with Crippen molar-refractivity contribution in [1.29, 1.82) is 0 Å². The number of nitrogens with one attached hydrogen (secondary N) is 2. The molecule has 0 spiro atoms. The van der Waals surface area contributed by atoms with E-state index >= 15 is 0 Å². The lowest BCUT2D eigenvalue weighted by Crippen LogP contribution is -2.39. The molecule has 2 aromatic carbocycles. The van der Waals surface area contributed by atoms with Gasteiger partial charge in [0, 0.05) is 20.2 Å². The maximum absolute atomic E-state index is 10.5. The van der Waals surface area contributed by atoms with Gasteiger partial charge in [0.25, 0.3) is 0 Å². The number of ether oxygens (including phenoxy) is 2. The number of aliphatic hydroxyl groups excluding tert-OH is 1. The van der Waals surface area contributed by atoms with E-state index in [2.05, 4.69) is 27.8 Å². The van der Waals surface area contributed by atoms with Crippen molar-refractivity contribution < 1.29 is 14.6 Å². The van der Waals surface area contributed by atoms with Crippen LogP contribution in [0.2, 0.25) is 0 Å². The highest BCUT2D eigenvalue weighted by atomic mass is 127. The number of rotatable bonds is 10. The van der Waals surface area contributed by atoms with Crippen LogP contribution in [0.25, 0.3) is 0 Å². The summed E-state index contributed by atoms with van der Waals surface area (Å²) in [5.74, 6) is 1.43. The Labute approximate surface area is 197 Å². The fourth-order valence-corrected chi connectivity index (χ4v) is 2.80. The smallest absolute Gasteiger partial charge is 0.191 e. The highest BCUT2D eigenvalue weighted by Gasteiger charge is 2.10. The molecule has 0 saturated carbocycles. The van der Waals surface area contributed by atoms with Gasteiger partial charge < -0.3 is 25.2 Å². The lowest BCUT2D eigenvalue weighted by molar-refractivity contribution is 0.179. The first-order chi connectivity index (χ1) is 14.0. The Morgan fingerprint density at radius 1 is 1.07 bits per heavy atom. The fraction of sp³-hybridized carbons (Fsp3) is 0.435. The summed E-state index contributed by atoms with van der Waals surface area (Å²) in [5, 5.41) is 17.0. The van der Waals surface area contributed by atoms with E-state index in [-0.39, 0.29) is 30.1 Å². The van der Waals surface area contributed by atoms with Gasteiger partial charge in [-0.25, -0.2) is 4.99 Å². The Bertz CT molecular complexity index is 767. The van der Waals surface area contributed by atoms with E-state index in [0.717, 1.165) is 29.0 Å². The molecule has 2 rings (SSSR count). The molecule has 0 bridgehead atoms. The number of aliphatic hydroxyl groups is 1. The molecule has 0 fully saturated rings. The van der Waals surface area contributed by atoms with Crippen LogP contribution in [0, 0.1) is 0 Å². The van der Waals surface area contributed by atoms with Crippen molar-refractivity contribution in [3.05, 3.63) is 65.2 Å². The van der Waals surface area contributed by atoms with Gasteiger partial charge in [-0.1, -0.05) is 36.4 Å². The van der Waals surface area contributed by atoms with Crippen LogP contribution in [0.1, 0.15) is 43.6 Å². The highest BCUT2D eigenvalue weighted by molar-refractivity contribution is 14.0. The molecule has 7 heteroatoms. The van der Waals surface area contributed by atoms with Crippen LogP contribution >= 0.6 is 24.0 Å². The second kappa shape index (κ2) is 14.2. The number of hydrogen-bond donors (Lipinski definition) is 3. The minimum absolute atomic E-state index is 0. The van der Waals surface area contributed by atoms with Gasteiger partial charge in [0.15, 0.2) is 5.96 Å². The number of methoxy groups -OCH3 is 1. The number of guanidine groups is 1. The van der Waals surface area contributed by atoms with Gasteiger partial charge in [-0.15, -0.1) is 24.0 Å². The highest BCUT2D eigenvalue weighted by Crippen LogP contribution is 2.20. The molecule has 0 radical (unpaired) electrons. The normalized spacial score (nSPS) is 12.3. The van der Waals surface area contributed by atoms with Gasteiger partial charge in [0.2, 0.25) is 0 Å². The maximum atomic E-state index is 10.5. The molecular weight excluding hydrogens is 493 g/mol. The summed E-state index contributed by atoms with van der Waals surface area (Å²) in [6, 6.07) is 15.8. The summed E-state index contributed by atoms with van der Waals surface area (Å²) in [7, 11) is 1.69. The largest absolute Gasteiger partial charge is 0.491 e. The second-order valence-electron chi connectivity index (χ2n) is 7.08. The average molecular weight is 527 g/mol. The minimum atomic E-state index is -0.664. The molecule has 2 aromatic rings. The quantitative estimate of drug-likeness (QED) is 0.247. The Morgan fingerprint density at radius 3 is 2.40 bits per heavy atom. The van der Waals surface area contributed by atoms with E-state index in [1.54, 1.807) is 7.11 Å². The summed E-state index contributed by atoms with van der Waals surface area (Å²) in [5.41, 5.74) is 3.05. The molecule has 0 aliphatic carbocycles. The molecule has 1 unspecified atom stereocenters. The Hall–Kier alpha value is -1.84. The van der Waals surface area contributed by atoms with Crippen molar-refractivity contribution in [2.24, 2.45) is 4.99 Å². The van der Waals surface area contributed by atoms with Crippen LogP contribution < -0.4 is 15.4 Å². The summed E-state index contributed by atoms with van der Waals surface area (Å²) >= 11 is 0. The molecule has 166 valence electrons. The molecular formula is C23H34IN3O3. The molecule has 6 nitrogen and oxygen atoms in total. The Balaban J connectivity index is 0.00000450. The molecule has 0 saturated heterocycles. The van der Waals surface area contributed by atoms with E-state index in [0.29, 0.717) is 25.7 Å². The average Bonchev–Trinajstić information content (AvgIpc) is 2.71. The van der Waals surface area contributed by atoms with Crippen LogP contribution in [0.3, 0.4) is 0 Å². The topological polar surface area (TPSA) is 75.1 Å². The van der Waals surface area contributed by atoms with Gasteiger partial charge in [-0.2, -0.15) is 0 Å². The van der Waals surface area contributed by atoms with Crippen LogP contribution in [-0.4, -0.2) is 37.4 Å². The van der Waals surface area contributed by atoms with Crippen molar-refractivity contribution in [3.63, 3.8) is 0 Å². The van der Waals surface area contributed by atoms with Gasteiger partial charge in [-0.05, 0) is 49.6 Å². The van der Waals surface area contributed by atoms with Gasteiger partial charge in [-0.3, -0.25) is 0 Å². The Morgan fingerprint density at radius 2 is 1.77 bits per heavy atom. The van der Waals surface area contributed by atoms with Crippen molar-refractivity contribution in [2.75, 3.05) is 20.2 Å². The zero-order chi connectivity index (χ0) is 21.1. The predicted octanol–water partition coefficient (Wildman–Crippen LogP) is 4.03. The fourth-order valence-electron chi connectivity index (χ4n) is 2.80. The first-order valence-electron chi connectivity index (χ1n) is 10.1. The Kier molecular flexibility index (Phi) is 12.4. The van der Waals surface area contributed by atoms with Gasteiger partial charge >= 0.3 is 0 Å². The second-order valence-corrected chi connectivity index (χ2v) is 7.08. The van der Waals surface area contributed by atoms with E-state index in [9.17, 15) is 5.11 Å². The maximum Gasteiger partial charge on any atom is 0.191 e. The lowest BCUT2D eigenvalue weighted by Gasteiger charge is -2.17. The van der Waals surface area contributed by atoms with E-state index in [1.807, 2.05) is 57.2 Å². The monoisotopic (exact) mass is 527 g/mol. The predicted molar refractivity (Wildman–Crippen MR) is 133 cm³/mol. The van der Waals surface area contributed by atoms with E-state index < -0.39 is 6.10 Å². The van der Waals surface area contributed by atoms with Crippen molar-refractivity contribution in [3.8, 4) is 5.75 Å². The SMILES string of the molecule is CCNC(=NCc1ccc(COC)cc1)NCC(O)c1cccc(OC(C)C)c1.I. The third-order valence-electron chi connectivity index (χ3n) is 4.18. The summed E-state index contributed by atoms with van der Waals surface area (Å²) in [6.07, 6.45) is -0.570. The van der Waals surface area contributed by atoms with E-state index in [4.69, 9.17) is 9.47 Å². The third-order valence-corrected chi connectivity index (χ3v) is 4.18. The molecule has 0 aliphatic heterocycles. The lowest BCUT2D eigenvalue weighted by atomic mass is 10.1. The first-order valence-corrected chi connectivity index (χ1v) is 10.1. The number of nitrogens with zero attached hydrogens (tertiary/aromatic N) is 1. The van der Waals surface area contributed by atoms with E-state index in [1.165, 1.54) is 0 Å². The van der Waals surface area contributed by atoms with Crippen molar-refractivity contribution in [2.45, 2.75) is 46.1 Å². The third kappa shape index (κ3) is 9.32. The molecule has 0 aliphatic rings. The van der Waals surface area contributed by atoms with Gasteiger partial charge in [0.05, 0.1) is 25.4 Å². The first kappa shape index (κ1) is 26.2. The molecule has 0 aromatic heterocycles. The summed E-state index contributed by atoms with van der Waals surface area (Å²) in [4.78, 5) is 4.61. The standard InChI is InChI=1S/C23H33N3O3.HI/c1-5-24-23(25-14-18-9-11-19(12-10-18)16-28-4)26-15-22(27)20-7-6-8-21(13-20)29-17(2)3;/h6-13,17,22,27H,5,14-16H2,1-4H3,(H2,24,25,26);1H.